The molecule has 2 amide bonds. The van der Waals surface area contributed by atoms with Gasteiger partial charge in [-0.2, -0.15) is 0 Å². The lowest BCUT2D eigenvalue weighted by Crippen LogP contribution is -2.29. The van der Waals surface area contributed by atoms with Crippen molar-refractivity contribution in [3.05, 3.63) is 60.5 Å². The van der Waals surface area contributed by atoms with E-state index in [2.05, 4.69) is 38.5 Å². The molecule has 1 heterocycles. The number of hydrogen-bond acceptors (Lipinski definition) is 6. The number of carbonyl (C=O) groups is 2. The number of nitrogens with zero attached hydrogens (tertiary/aromatic N) is 1. The maximum Gasteiger partial charge on any atom is 0.293 e. The van der Waals surface area contributed by atoms with Gasteiger partial charge < -0.3 is 14.2 Å². The molecule has 31 heavy (non-hydrogen) atoms. The normalized spacial score (nSPS) is 15.1. The topological polar surface area (TPSA) is 65.1 Å². The summed E-state index contributed by atoms with van der Waals surface area (Å²) < 4.78 is 18.4. The molecule has 2 aromatic rings. The van der Waals surface area contributed by atoms with Gasteiger partial charge in [0.1, 0.15) is 6.61 Å². The quantitative estimate of drug-likeness (QED) is 0.204. The summed E-state index contributed by atoms with van der Waals surface area (Å²) in [5.41, 5.74) is 1.80. The van der Waals surface area contributed by atoms with E-state index < -0.39 is 0 Å². The molecular formula is C22H21BrINO5S. The molecule has 0 aromatic heterocycles. The van der Waals surface area contributed by atoms with Crippen LogP contribution in [0.2, 0.25) is 0 Å². The average Bonchev–Trinajstić information content (AvgIpc) is 3.01. The van der Waals surface area contributed by atoms with Crippen LogP contribution in [-0.2, 0) is 16.1 Å². The highest BCUT2D eigenvalue weighted by Gasteiger charge is 2.34. The minimum absolute atomic E-state index is 0.261. The first-order valence-electron chi connectivity index (χ1n) is 9.42. The van der Waals surface area contributed by atoms with Gasteiger partial charge in [0.25, 0.3) is 11.1 Å². The summed E-state index contributed by atoms with van der Waals surface area (Å²) in [6, 6.07) is 11.6. The second kappa shape index (κ2) is 11.3. The van der Waals surface area contributed by atoms with Gasteiger partial charge >= 0.3 is 0 Å². The standard InChI is InChI=1S/C22H21BrINO5S/c1-28-9-3-8-25-21(26)19(31-22(25)27)12-15-10-17(24)20(18(11-15)29-2)30-13-14-4-6-16(23)7-5-14/h4-7,10-12H,3,8-9,13H2,1-2H3/b19-12+. The van der Waals surface area contributed by atoms with Crippen molar-refractivity contribution in [2.24, 2.45) is 0 Å². The van der Waals surface area contributed by atoms with E-state index in [1.807, 2.05) is 30.3 Å². The molecule has 0 N–H and O–H groups in total. The lowest BCUT2D eigenvalue weighted by Gasteiger charge is -2.14. The van der Waals surface area contributed by atoms with Gasteiger partial charge in [-0.25, -0.2) is 0 Å². The molecule has 0 aliphatic carbocycles. The van der Waals surface area contributed by atoms with Crippen molar-refractivity contribution in [3.8, 4) is 11.5 Å². The van der Waals surface area contributed by atoms with Crippen molar-refractivity contribution in [3.63, 3.8) is 0 Å². The van der Waals surface area contributed by atoms with Crippen LogP contribution < -0.4 is 9.47 Å². The van der Waals surface area contributed by atoms with Gasteiger partial charge in [-0.3, -0.25) is 14.5 Å². The number of rotatable bonds is 9. The fraction of sp³-hybridized carbons (Fsp3) is 0.273. The van der Waals surface area contributed by atoms with Crippen molar-refractivity contribution in [2.75, 3.05) is 27.4 Å². The van der Waals surface area contributed by atoms with Crippen LogP contribution in [0.15, 0.2) is 45.8 Å². The Hall–Kier alpha value is -1.56. The third-order valence-corrected chi connectivity index (χ3v) is 6.69. The van der Waals surface area contributed by atoms with Gasteiger partial charge in [0.15, 0.2) is 11.5 Å². The highest BCUT2D eigenvalue weighted by atomic mass is 127. The number of hydrogen-bond donors (Lipinski definition) is 0. The molecule has 0 spiro atoms. The predicted molar refractivity (Wildman–Crippen MR) is 133 cm³/mol. The Morgan fingerprint density at radius 3 is 2.58 bits per heavy atom. The molecule has 1 aliphatic rings. The first kappa shape index (κ1) is 24.1. The summed E-state index contributed by atoms with van der Waals surface area (Å²) in [6.07, 6.45) is 2.32. The molecule has 0 saturated carbocycles. The van der Waals surface area contributed by atoms with E-state index in [9.17, 15) is 9.59 Å². The molecule has 9 heteroatoms. The molecule has 1 saturated heterocycles. The van der Waals surface area contributed by atoms with Crippen LogP contribution in [0.3, 0.4) is 0 Å². The van der Waals surface area contributed by atoms with Crippen LogP contribution in [0.5, 0.6) is 11.5 Å². The van der Waals surface area contributed by atoms with Crippen molar-refractivity contribution < 1.29 is 23.8 Å². The van der Waals surface area contributed by atoms with Crippen molar-refractivity contribution in [2.45, 2.75) is 13.0 Å². The van der Waals surface area contributed by atoms with Crippen molar-refractivity contribution in [1.82, 2.24) is 4.90 Å². The fourth-order valence-corrected chi connectivity index (χ4v) is 4.82. The largest absolute Gasteiger partial charge is 0.493 e. The smallest absolute Gasteiger partial charge is 0.293 e. The van der Waals surface area contributed by atoms with E-state index in [1.165, 1.54) is 4.90 Å². The third kappa shape index (κ3) is 6.24. The Balaban J connectivity index is 1.77. The van der Waals surface area contributed by atoms with Crippen LogP contribution in [0.4, 0.5) is 4.79 Å². The molecule has 0 unspecified atom stereocenters. The molecular weight excluding hydrogens is 597 g/mol. The number of carbonyl (C=O) groups excluding carboxylic acids is 2. The van der Waals surface area contributed by atoms with Crippen molar-refractivity contribution >= 4 is 67.5 Å². The van der Waals surface area contributed by atoms with E-state index in [-0.39, 0.29) is 11.1 Å². The first-order valence-corrected chi connectivity index (χ1v) is 12.1. The van der Waals surface area contributed by atoms with Gasteiger partial charge in [0, 0.05) is 24.7 Å². The Labute approximate surface area is 207 Å². The maximum absolute atomic E-state index is 12.6. The summed E-state index contributed by atoms with van der Waals surface area (Å²) in [4.78, 5) is 26.5. The highest BCUT2D eigenvalue weighted by molar-refractivity contribution is 14.1. The predicted octanol–water partition coefficient (Wildman–Crippen LogP) is 5.71. The molecule has 1 fully saturated rings. The Kier molecular flexibility index (Phi) is 8.82. The fourth-order valence-electron chi connectivity index (χ4n) is 2.91. The summed E-state index contributed by atoms with van der Waals surface area (Å²) in [5.74, 6) is 0.918. The number of amides is 2. The van der Waals surface area contributed by atoms with E-state index in [0.717, 1.165) is 30.9 Å². The van der Waals surface area contributed by atoms with Crippen LogP contribution in [0.1, 0.15) is 17.5 Å². The maximum atomic E-state index is 12.6. The van der Waals surface area contributed by atoms with Gasteiger partial charge in [0.05, 0.1) is 15.6 Å². The van der Waals surface area contributed by atoms with Gasteiger partial charge in [-0.15, -0.1) is 0 Å². The molecule has 6 nitrogen and oxygen atoms in total. The van der Waals surface area contributed by atoms with Gasteiger partial charge in [0.2, 0.25) is 0 Å². The highest BCUT2D eigenvalue weighted by Crippen LogP contribution is 2.37. The number of halogens is 2. The number of imide groups is 1. The first-order chi connectivity index (χ1) is 14.9. The molecule has 1 aliphatic heterocycles. The molecule has 0 atom stereocenters. The zero-order chi connectivity index (χ0) is 22.4. The molecule has 0 bridgehead atoms. The number of benzene rings is 2. The average molecular weight is 618 g/mol. The Morgan fingerprint density at radius 2 is 1.90 bits per heavy atom. The van der Waals surface area contributed by atoms with Gasteiger partial charge in [-0.1, -0.05) is 28.1 Å². The second-order valence-corrected chi connectivity index (χ2v) is 9.70. The Bertz CT molecular complexity index is 996. The number of thioether (sulfide) groups is 1. The van der Waals surface area contributed by atoms with Crippen LogP contribution >= 0.6 is 50.3 Å². The summed E-state index contributed by atoms with van der Waals surface area (Å²) >= 11 is 6.55. The lowest BCUT2D eigenvalue weighted by molar-refractivity contribution is -0.122. The third-order valence-electron chi connectivity index (χ3n) is 4.45. The van der Waals surface area contributed by atoms with Crippen LogP contribution in [-0.4, -0.2) is 43.4 Å². The summed E-state index contributed by atoms with van der Waals surface area (Å²) in [5, 5.41) is -0.261. The second-order valence-electron chi connectivity index (χ2n) is 6.63. The summed E-state index contributed by atoms with van der Waals surface area (Å²) in [6.45, 7) is 1.25. The van der Waals surface area contributed by atoms with Crippen molar-refractivity contribution in [1.29, 1.82) is 0 Å². The minimum Gasteiger partial charge on any atom is -0.493 e. The molecule has 164 valence electrons. The van der Waals surface area contributed by atoms with Crippen LogP contribution in [0.25, 0.3) is 6.08 Å². The van der Waals surface area contributed by atoms with Crippen LogP contribution in [0, 0.1) is 3.57 Å². The minimum atomic E-state index is -0.282. The number of methoxy groups -OCH3 is 2. The monoisotopic (exact) mass is 617 g/mol. The zero-order valence-electron chi connectivity index (χ0n) is 17.0. The Morgan fingerprint density at radius 1 is 1.16 bits per heavy atom. The molecule has 2 aromatic carbocycles. The van der Waals surface area contributed by atoms with E-state index in [1.54, 1.807) is 26.4 Å². The summed E-state index contributed by atoms with van der Waals surface area (Å²) in [7, 11) is 3.17. The lowest BCUT2D eigenvalue weighted by atomic mass is 10.1. The van der Waals surface area contributed by atoms with E-state index >= 15 is 0 Å². The molecule has 0 radical (unpaired) electrons. The SMILES string of the molecule is COCCCN1C(=O)S/C(=C/c2cc(I)c(OCc3ccc(Br)cc3)c(OC)c2)C1=O. The van der Waals surface area contributed by atoms with E-state index in [4.69, 9.17) is 14.2 Å². The van der Waals surface area contributed by atoms with Gasteiger partial charge in [-0.05, 0) is 82.2 Å². The van der Waals surface area contributed by atoms with E-state index in [0.29, 0.717) is 42.6 Å². The molecule has 3 rings (SSSR count). The zero-order valence-corrected chi connectivity index (χ0v) is 21.6. The number of ether oxygens (including phenoxy) is 3.